The van der Waals surface area contributed by atoms with Crippen LogP contribution in [0.3, 0.4) is 0 Å². The van der Waals surface area contributed by atoms with Crippen molar-refractivity contribution in [1.29, 1.82) is 0 Å². The van der Waals surface area contributed by atoms with E-state index in [4.69, 9.17) is 0 Å². The van der Waals surface area contributed by atoms with Gasteiger partial charge in [-0.25, -0.2) is 13.1 Å². The third-order valence-electron chi connectivity index (χ3n) is 4.05. The molecule has 0 bridgehead atoms. The fourth-order valence-electron chi connectivity index (χ4n) is 2.71. The molecule has 0 unspecified atom stereocenters. The van der Waals surface area contributed by atoms with Crippen molar-refractivity contribution < 1.29 is 13.2 Å². The van der Waals surface area contributed by atoms with E-state index in [1.165, 1.54) is 19.1 Å². The molecule has 1 aromatic carbocycles. The SMILES string of the molecule is CC(=O)Nc1ccc(S(=O)(=O)N[C@@H](c2nnc3ccccn23)C(C)C)cc1. The van der Waals surface area contributed by atoms with Gasteiger partial charge in [0.05, 0.1) is 10.9 Å². The van der Waals surface area contributed by atoms with Crippen LogP contribution < -0.4 is 10.0 Å². The highest BCUT2D eigenvalue weighted by Gasteiger charge is 2.27. The number of nitrogens with zero attached hydrogens (tertiary/aromatic N) is 3. The van der Waals surface area contributed by atoms with Crippen LogP contribution in [-0.4, -0.2) is 28.9 Å². The van der Waals surface area contributed by atoms with E-state index >= 15 is 0 Å². The van der Waals surface area contributed by atoms with Crippen LogP contribution in [-0.2, 0) is 14.8 Å². The molecule has 3 aromatic rings. The summed E-state index contributed by atoms with van der Waals surface area (Å²) < 4.78 is 30.2. The summed E-state index contributed by atoms with van der Waals surface area (Å²) in [4.78, 5) is 11.2. The van der Waals surface area contributed by atoms with E-state index in [0.29, 0.717) is 17.2 Å². The van der Waals surface area contributed by atoms with Crippen molar-refractivity contribution in [2.75, 3.05) is 5.32 Å². The molecule has 0 aliphatic heterocycles. The highest BCUT2D eigenvalue weighted by Crippen LogP contribution is 2.24. The molecule has 1 amide bonds. The van der Waals surface area contributed by atoms with E-state index in [1.807, 2.05) is 32.0 Å². The first-order valence-electron chi connectivity index (χ1n) is 8.47. The molecule has 8 nitrogen and oxygen atoms in total. The van der Waals surface area contributed by atoms with Crippen molar-refractivity contribution in [2.24, 2.45) is 5.92 Å². The molecular formula is C18H21N5O3S. The number of benzene rings is 1. The van der Waals surface area contributed by atoms with Gasteiger partial charge in [0, 0.05) is 18.8 Å². The van der Waals surface area contributed by atoms with Crippen molar-refractivity contribution in [3.63, 3.8) is 0 Å². The van der Waals surface area contributed by atoms with E-state index in [0.717, 1.165) is 0 Å². The number of rotatable bonds is 6. The van der Waals surface area contributed by atoms with Crippen LogP contribution in [0.25, 0.3) is 5.65 Å². The number of hydrogen-bond donors (Lipinski definition) is 2. The molecule has 2 heterocycles. The number of aromatic nitrogens is 3. The van der Waals surface area contributed by atoms with Gasteiger partial charge in [-0.2, -0.15) is 0 Å². The summed E-state index contributed by atoms with van der Waals surface area (Å²) >= 11 is 0. The number of sulfonamides is 1. The largest absolute Gasteiger partial charge is 0.326 e. The highest BCUT2D eigenvalue weighted by atomic mass is 32.2. The number of nitrogens with one attached hydrogen (secondary N) is 2. The lowest BCUT2D eigenvalue weighted by Crippen LogP contribution is -2.33. The summed E-state index contributed by atoms with van der Waals surface area (Å²) in [6, 6.07) is 10.9. The number of carbonyl (C=O) groups is 1. The van der Waals surface area contributed by atoms with Crippen LogP contribution in [0.4, 0.5) is 5.69 Å². The van der Waals surface area contributed by atoms with Crippen molar-refractivity contribution in [1.82, 2.24) is 19.3 Å². The summed E-state index contributed by atoms with van der Waals surface area (Å²) in [6.45, 7) is 5.22. The third kappa shape index (κ3) is 4.15. The number of pyridine rings is 1. The van der Waals surface area contributed by atoms with Gasteiger partial charge < -0.3 is 5.32 Å². The normalized spacial score (nSPS) is 13.0. The standard InChI is InChI=1S/C18H21N5O3S/c1-12(2)17(18-21-20-16-6-4-5-11-23(16)18)22-27(25,26)15-9-7-14(8-10-15)19-13(3)24/h4-12,17,22H,1-3H3,(H,19,24)/t17-/m1/s1. The van der Waals surface area contributed by atoms with Gasteiger partial charge in [-0.1, -0.05) is 19.9 Å². The fraction of sp³-hybridized carbons (Fsp3) is 0.278. The minimum absolute atomic E-state index is 0.0500. The van der Waals surface area contributed by atoms with Gasteiger partial charge in [0.25, 0.3) is 0 Å². The van der Waals surface area contributed by atoms with Gasteiger partial charge in [0.2, 0.25) is 15.9 Å². The zero-order chi connectivity index (χ0) is 19.6. The predicted octanol–water partition coefficient (Wildman–Crippen LogP) is 2.36. The van der Waals surface area contributed by atoms with Gasteiger partial charge in [0.1, 0.15) is 0 Å². The smallest absolute Gasteiger partial charge is 0.241 e. The molecule has 9 heteroatoms. The second-order valence-corrected chi connectivity index (χ2v) is 8.25. The Balaban J connectivity index is 1.90. The molecule has 0 saturated heterocycles. The molecule has 1 atom stereocenters. The summed E-state index contributed by atoms with van der Waals surface area (Å²) in [5.74, 6) is 0.257. The molecule has 0 fully saturated rings. The highest BCUT2D eigenvalue weighted by molar-refractivity contribution is 7.89. The Kier molecular flexibility index (Phi) is 5.24. The van der Waals surface area contributed by atoms with Gasteiger partial charge in [-0.15, -0.1) is 10.2 Å². The van der Waals surface area contributed by atoms with Crippen LogP contribution >= 0.6 is 0 Å². The van der Waals surface area contributed by atoms with E-state index in [1.54, 1.807) is 22.7 Å². The van der Waals surface area contributed by atoms with E-state index in [2.05, 4.69) is 20.2 Å². The zero-order valence-corrected chi connectivity index (χ0v) is 16.1. The Labute approximate surface area is 157 Å². The molecule has 0 aliphatic carbocycles. The first kappa shape index (κ1) is 19.0. The second kappa shape index (κ2) is 7.45. The first-order valence-corrected chi connectivity index (χ1v) is 9.96. The lowest BCUT2D eigenvalue weighted by molar-refractivity contribution is -0.114. The van der Waals surface area contributed by atoms with Crippen molar-refractivity contribution >= 4 is 27.3 Å². The molecule has 0 aliphatic rings. The summed E-state index contributed by atoms with van der Waals surface area (Å²) in [5, 5.41) is 10.9. The monoisotopic (exact) mass is 387 g/mol. The molecule has 3 rings (SSSR count). The lowest BCUT2D eigenvalue weighted by Gasteiger charge is -2.21. The summed E-state index contributed by atoms with van der Waals surface area (Å²) in [5.41, 5.74) is 1.18. The number of carbonyl (C=O) groups excluding carboxylic acids is 1. The second-order valence-electron chi connectivity index (χ2n) is 6.54. The summed E-state index contributed by atoms with van der Waals surface area (Å²) in [6.07, 6.45) is 1.80. The molecule has 142 valence electrons. The van der Waals surface area contributed by atoms with Crippen LogP contribution in [0.2, 0.25) is 0 Å². The molecule has 27 heavy (non-hydrogen) atoms. The Morgan fingerprint density at radius 1 is 1.07 bits per heavy atom. The Hall–Kier alpha value is -2.78. The summed E-state index contributed by atoms with van der Waals surface area (Å²) in [7, 11) is -3.79. The van der Waals surface area contributed by atoms with Crippen LogP contribution in [0.1, 0.15) is 32.6 Å². The maximum Gasteiger partial charge on any atom is 0.241 e. The number of fused-ring (bicyclic) bond motifs is 1. The van der Waals surface area contributed by atoms with Crippen LogP contribution in [0.5, 0.6) is 0 Å². The quantitative estimate of drug-likeness (QED) is 0.675. The maximum absolute atomic E-state index is 12.9. The molecule has 0 radical (unpaired) electrons. The number of anilines is 1. The van der Waals surface area contributed by atoms with Crippen molar-refractivity contribution in [3.05, 3.63) is 54.5 Å². The zero-order valence-electron chi connectivity index (χ0n) is 15.2. The number of hydrogen-bond acceptors (Lipinski definition) is 5. The van der Waals surface area contributed by atoms with E-state index < -0.39 is 16.1 Å². The van der Waals surface area contributed by atoms with Crippen molar-refractivity contribution in [3.8, 4) is 0 Å². The Morgan fingerprint density at radius 3 is 2.41 bits per heavy atom. The van der Waals surface area contributed by atoms with E-state index in [-0.39, 0.29) is 16.7 Å². The van der Waals surface area contributed by atoms with Crippen molar-refractivity contribution in [2.45, 2.75) is 31.7 Å². The van der Waals surface area contributed by atoms with E-state index in [9.17, 15) is 13.2 Å². The lowest BCUT2D eigenvalue weighted by atomic mass is 10.1. The van der Waals surface area contributed by atoms with Crippen LogP contribution in [0, 0.1) is 5.92 Å². The Bertz CT molecular complexity index is 1060. The molecule has 0 saturated carbocycles. The fourth-order valence-corrected chi connectivity index (χ4v) is 4.06. The van der Waals surface area contributed by atoms with Crippen LogP contribution in [0.15, 0.2) is 53.6 Å². The molecular weight excluding hydrogens is 366 g/mol. The number of amides is 1. The minimum atomic E-state index is -3.79. The molecule has 2 N–H and O–H groups in total. The average molecular weight is 387 g/mol. The van der Waals surface area contributed by atoms with Gasteiger partial charge in [0.15, 0.2) is 11.5 Å². The maximum atomic E-state index is 12.9. The van der Waals surface area contributed by atoms with Gasteiger partial charge in [-0.05, 0) is 42.3 Å². The predicted molar refractivity (Wildman–Crippen MR) is 102 cm³/mol. The topological polar surface area (TPSA) is 105 Å². The minimum Gasteiger partial charge on any atom is -0.326 e. The average Bonchev–Trinajstić information content (AvgIpc) is 3.03. The van der Waals surface area contributed by atoms with Gasteiger partial charge >= 0.3 is 0 Å². The third-order valence-corrected chi connectivity index (χ3v) is 5.51. The Morgan fingerprint density at radius 2 is 1.78 bits per heavy atom. The first-order chi connectivity index (χ1) is 12.8. The molecule has 2 aromatic heterocycles. The van der Waals surface area contributed by atoms with Gasteiger partial charge in [-0.3, -0.25) is 9.20 Å². The molecule has 0 spiro atoms.